The predicted octanol–water partition coefficient (Wildman–Crippen LogP) is 2.91. The summed E-state index contributed by atoms with van der Waals surface area (Å²) >= 11 is 0. The van der Waals surface area contributed by atoms with Crippen molar-refractivity contribution in [2.75, 3.05) is 13.2 Å². The monoisotopic (exact) mass is 242 g/mol. The fourth-order valence-electron chi connectivity index (χ4n) is 1.84. The van der Waals surface area contributed by atoms with Crippen LogP contribution in [0.4, 0.5) is 0 Å². The molecule has 0 fully saturated rings. The highest BCUT2D eigenvalue weighted by molar-refractivity contribution is 5.82. The number of benzene rings is 1. The fourth-order valence-corrected chi connectivity index (χ4v) is 1.84. The van der Waals surface area contributed by atoms with Crippen molar-refractivity contribution in [3.05, 3.63) is 48.6 Å². The maximum absolute atomic E-state index is 5.53. The summed E-state index contributed by atoms with van der Waals surface area (Å²) in [7, 11) is 0. The topological polar surface area (TPSA) is 34.1 Å². The molecule has 1 aromatic heterocycles. The summed E-state index contributed by atoms with van der Waals surface area (Å²) < 4.78 is 5.53. The predicted molar refractivity (Wildman–Crippen MR) is 74.8 cm³/mol. The lowest BCUT2D eigenvalue weighted by Gasteiger charge is -2.10. The van der Waals surface area contributed by atoms with E-state index < -0.39 is 0 Å². The van der Waals surface area contributed by atoms with Gasteiger partial charge in [0.25, 0.3) is 0 Å². The van der Waals surface area contributed by atoms with E-state index in [2.05, 4.69) is 29.9 Å². The van der Waals surface area contributed by atoms with Crippen molar-refractivity contribution in [1.82, 2.24) is 10.3 Å². The Balaban J connectivity index is 2.39. The third-order valence-electron chi connectivity index (χ3n) is 2.69. The quantitative estimate of drug-likeness (QED) is 0.791. The van der Waals surface area contributed by atoms with Gasteiger partial charge in [-0.3, -0.25) is 0 Å². The Bertz CT molecular complexity index is 537. The molecule has 0 amide bonds. The Labute approximate surface area is 107 Å². The average molecular weight is 242 g/mol. The highest BCUT2D eigenvalue weighted by Crippen LogP contribution is 2.21. The number of hydrogen-bond donors (Lipinski definition) is 1. The molecule has 1 heterocycles. The van der Waals surface area contributed by atoms with E-state index in [0.29, 0.717) is 12.5 Å². The minimum atomic E-state index is 0.478. The number of para-hydroxylation sites is 1. The van der Waals surface area contributed by atoms with Gasteiger partial charge in [-0.1, -0.05) is 37.8 Å². The minimum absolute atomic E-state index is 0.478. The first kappa shape index (κ1) is 12.6. The number of hydrogen-bond acceptors (Lipinski definition) is 3. The number of pyridine rings is 1. The van der Waals surface area contributed by atoms with Gasteiger partial charge < -0.3 is 10.1 Å². The molecule has 0 aliphatic heterocycles. The van der Waals surface area contributed by atoms with E-state index in [0.717, 1.165) is 18.6 Å². The zero-order valence-electron chi connectivity index (χ0n) is 10.6. The van der Waals surface area contributed by atoms with E-state index in [1.165, 1.54) is 10.9 Å². The van der Waals surface area contributed by atoms with Gasteiger partial charge in [0.15, 0.2) is 0 Å². The second-order valence-corrected chi connectivity index (χ2v) is 4.02. The molecule has 1 N–H and O–H groups in total. The standard InChI is InChI=1S/C15H18N2O/c1-3-9-18-15-10-12(11-16-4-2)13-7-5-6-8-14(13)17-15/h3,5-8,10,16H,1,4,9,11H2,2H3. The van der Waals surface area contributed by atoms with Crippen LogP contribution in [0.3, 0.4) is 0 Å². The molecule has 0 unspecified atom stereocenters. The van der Waals surface area contributed by atoms with Gasteiger partial charge in [-0.15, -0.1) is 0 Å². The largest absolute Gasteiger partial charge is 0.473 e. The third-order valence-corrected chi connectivity index (χ3v) is 2.69. The molecule has 1 aromatic carbocycles. The van der Waals surface area contributed by atoms with Gasteiger partial charge in [-0.05, 0) is 18.2 Å². The first-order valence-electron chi connectivity index (χ1n) is 6.18. The van der Waals surface area contributed by atoms with Gasteiger partial charge >= 0.3 is 0 Å². The molecular weight excluding hydrogens is 224 g/mol. The normalized spacial score (nSPS) is 10.5. The first-order chi connectivity index (χ1) is 8.85. The van der Waals surface area contributed by atoms with Crippen LogP contribution in [0.25, 0.3) is 10.9 Å². The van der Waals surface area contributed by atoms with Gasteiger partial charge in [0.05, 0.1) is 5.52 Å². The van der Waals surface area contributed by atoms with E-state index in [1.807, 2.05) is 24.3 Å². The van der Waals surface area contributed by atoms with E-state index in [4.69, 9.17) is 4.74 Å². The second kappa shape index (κ2) is 6.17. The molecule has 0 bridgehead atoms. The van der Waals surface area contributed by atoms with Crippen LogP contribution in [0.1, 0.15) is 12.5 Å². The summed E-state index contributed by atoms with van der Waals surface area (Å²) in [5.74, 6) is 0.654. The van der Waals surface area contributed by atoms with Crippen LogP contribution in [-0.4, -0.2) is 18.1 Å². The summed E-state index contributed by atoms with van der Waals surface area (Å²) in [6.07, 6.45) is 1.72. The Morgan fingerprint density at radius 3 is 3.00 bits per heavy atom. The van der Waals surface area contributed by atoms with Crippen LogP contribution in [0.15, 0.2) is 43.0 Å². The molecule has 0 aliphatic rings. The van der Waals surface area contributed by atoms with E-state index in [-0.39, 0.29) is 0 Å². The van der Waals surface area contributed by atoms with Crippen LogP contribution in [-0.2, 0) is 6.54 Å². The van der Waals surface area contributed by atoms with Gasteiger partial charge in [0.2, 0.25) is 5.88 Å². The molecule has 2 rings (SSSR count). The number of aromatic nitrogens is 1. The number of ether oxygens (including phenoxy) is 1. The van der Waals surface area contributed by atoms with Crippen molar-refractivity contribution < 1.29 is 4.74 Å². The molecule has 3 heteroatoms. The minimum Gasteiger partial charge on any atom is -0.473 e. The maximum Gasteiger partial charge on any atom is 0.214 e. The lowest BCUT2D eigenvalue weighted by atomic mass is 10.1. The molecule has 3 nitrogen and oxygen atoms in total. The van der Waals surface area contributed by atoms with E-state index in [1.54, 1.807) is 6.08 Å². The van der Waals surface area contributed by atoms with Crippen molar-refractivity contribution in [3.8, 4) is 5.88 Å². The zero-order chi connectivity index (χ0) is 12.8. The molecular formula is C15H18N2O. The Morgan fingerprint density at radius 1 is 1.39 bits per heavy atom. The van der Waals surface area contributed by atoms with Gasteiger partial charge in [0.1, 0.15) is 6.61 Å². The maximum atomic E-state index is 5.53. The highest BCUT2D eigenvalue weighted by atomic mass is 16.5. The van der Waals surface area contributed by atoms with Crippen molar-refractivity contribution in [2.45, 2.75) is 13.5 Å². The van der Waals surface area contributed by atoms with Crippen LogP contribution >= 0.6 is 0 Å². The molecule has 0 atom stereocenters. The second-order valence-electron chi connectivity index (χ2n) is 4.02. The molecule has 94 valence electrons. The van der Waals surface area contributed by atoms with Crippen LogP contribution in [0.5, 0.6) is 5.88 Å². The first-order valence-corrected chi connectivity index (χ1v) is 6.18. The van der Waals surface area contributed by atoms with Gasteiger partial charge in [-0.25, -0.2) is 4.98 Å². The Morgan fingerprint density at radius 2 is 2.22 bits per heavy atom. The smallest absolute Gasteiger partial charge is 0.214 e. The Hall–Kier alpha value is -1.87. The fraction of sp³-hybridized carbons (Fsp3) is 0.267. The molecule has 0 saturated heterocycles. The summed E-state index contributed by atoms with van der Waals surface area (Å²) in [5, 5.41) is 4.51. The number of rotatable bonds is 6. The van der Waals surface area contributed by atoms with Crippen molar-refractivity contribution >= 4 is 10.9 Å². The number of nitrogens with zero attached hydrogens (tertiary/aromatic N) is 1. The van der Waals surface area contributed by atoms with Gasteiger partial charge in [0, 0.05) is 18.0 Å². The van der Waals surface area contributed by atoms with Crippen LogP contribution in [0, 0.1) is 0 Å². The highest BCUT2D eigenvalue weighted by Gasteiger charge is 2.05. The lowest BCUT2D eigenvalue weighted by molar-refractivity contribution is 0.349. The number of fused-ring (bicyclic) bond motifs is 1. The van der Waals surface area contributed by atoms with Crippen molar-refractivity contribution in [3.63, 3.8) is 0 Å². The van der Waals surface area contributed by atoms with Gasteiger partial charge in [-0.2, -0.15) is 0 Å². The van der Waals surface area contributed by atoms with E-state index in [9.17, 15) is 0 Å². The Kier molecular flexibility index (Phi) is 4.31. The molecule has 18 heavy (non-hydrogen) atoms. The average Bonchev–Trinajstić information content (AvgIpc) is 2.42. The van der Waals surface area contributed by atoms with Crippen LogP contribution in [0.2, 0.25) is 0 Å². The molecule has 0 aliphatic carbocycles. The summed E-state index contributed by atoms with van der Waals surface area (Å²) in [6, 6.07) is 10.1. The molecule has 2 aromatic rings. The molecule has 0 saturated carbocycles. The molecule has 0 spiro atoms. The third kappa shape index (κ3) is 2.87. The van der Waals surface area contributed by atoms with E-state index >= 15 is 0 Å². The molecule has 0 radical (unpaired) electrons. The lowest BCUT2D eigenvalue weighted by Crippen LogP contribution is -2.12. The summed E-state index contributed by atoms with van der Waals surface area (Å²) in [4.78, 5) is 4.48. The number of nitrogens with one attached hydrogen (secondary N) is 1. The summed E-state index contributed by atoms with van der Waals surface area (Å²) in [6.45, 7) is 7.99. The SMILES string of the molecule is C=CCOc1cc(CNCC)c2ccccc2n1. The van der Waals surface area contributed by atoms with Crippen molar-refractivity contribution in [1.29, 1.82) is 0 Å². The summed E-state index contributed by atoms with van der Waals surface area (Å²) in [5.41, 5.74) is 2.17. The van der Waals surface area contributed by atoms with Crippen molar-refractivity contribution in [2.24, 2.45) is 0 Å². The van der Waals surface area contributed by atoms with Crippen LogP contribution < -0.4 is 10.1 Å². The zero-order valence-corrected chi connectivity index (χ0v) is 10.6.